The summed E-state index contributed by atoms with van der Waals surface area (Å²) in [5, 5.41) is 19.6. The summed E-state index contributed by atoms with van der Waals surface area (Å²) in [7, 11) is 1.55. The van der Waals surface area contributed by atoms with Gasteiger partial charge in [-0.2, -0.15) is 0 Å². The number of aromatic hydroxyl groups is 1. The maximum absolute atomic E-state index is 9.80. The summed E-state index contributed by atoms with van der Waals surface area (Å²) in [6, 6.07) is 11.8. The van der Waals surface area contributed by atoms with Gasteiger partial charge in [0.15, 0.2) is 11.5 Å². The van der Waals surface area contributed by atoms with Crippen LogP contribution in [0.2, 0.25) is 0 Å². The van der Waals surface area contributed by atoms with Crippen LogP contribution in [0.4, 0.5) is 0 Å². The Bertz CT molecular complexity index is 780. The fourth-order valence-electron chi connectivity index (χ4n) is 3.17. The van der Waals surface area contributed by atoms with Crippen LogP contribution < -0.4 is 9.47 Å². The average Bonchev–Trinajstić information content (AvgIpc) is 2.67. The molecule has 4 nitrogen and oxygen atoms in total. The number of hydrogen-bond donors (Lipinski definition) is 2. The first-order valence-corrected chi connectivity index (χ1v) is 9.94. The average molecular weight is 387 g/mol. The van der Waals surface area contributed by atoms with Gasteiger partial charge in [0, 0.05) is 11.0 Å². The maximum Gasteiger partial charge on any atom is 0.160 e. The molecular weight excluding hydrogens is 352 g/mol. The molecule has 0 amide bonds. The topological polar surface area (TPSA) is 58.9 Å². The van der Waals surface area contributed by atoms with Crippen molar-refractivity contribution in [3.05, 3.63) is 53.1 Å². The molecule has 0 saturated heterocycles. The minimum absolute atomic E-state index is 0.0636. The molecule has 2 aromatic carbocycles. The summed E-state index contributed by atoms with van der Waals surface area (Å²) in [6.07, 6.45) is 0.832. The van der Waals surface area contributed by atoms with Crippen LogP contribution in [-0.2, 0) is 5.41 Å². The Balaban J connectivity index is 2.13. The minimum atomic E-state index is -0.360. The summed E-state index contributed by atoms with van der Waals surface area (Å²) < 4.78 is 11.4. The Kier molecular flexibility index (Phi) is 7.36. The van der Waals surface area contributed by atoms with Crippen molar-refractivity contribution >= 4 is 0 Å². The van der Waals surface area contributed by atoms with E-state index < -0.39 is 0 Å². The number of methoxy groups -OCH3 is 1. The predicted octanol–water partition coefficient (Wildman–Crippen LogP) is 5.37. The molecule has 0 aliphatic heterocycles. The molecule has 0 aliphatic carbocycles. The van der Waals surface area contributed by atoms with Gasteiger partial charge in [-0.3, -0.25) is 0 Å². The van der Waals surface area contributed by atoms with E-state index in [1.807, 2.05) is 26.0 Å². The quantitative estimate of drug-likeness (QED) is 0.608. The van der Waals surface area contributed by atoms with E-state index in [1.165, 1.54) is 5.56 Å². The van der Waals surface area contributed by atoms with Gasteiger partial charge in [0.2, 0.25) is 0 Å². The molecule has 0 bridgehead atoms. The first kappa shape index (κ1) is 22.1. The lowest BCUT2D eigenvalue weighted by Crippen LogP contribution is -2.23. The molecule has 4 heteroatoms. The van der Waals surface area contributed by atoms with Crippen LogP contribution >= 0.6 is 0 Å². The van der Waals surface area contributed by atoms with E-state index in [2.05, 4.69) is 39.0 Å². The zero-order valence-electron chi connectivity index (χ0n) is 18.0. The van der Waals surface area contributed by atoms with E-state index in [-0.39, 0.29) is 23.7 Å². The van der Waals surface area contributed by atoms with Crippen LogP contribution in [0.3, 0.4) is 0 Å². The third kappa shape index (κ3) is 5.20. The molecule has 0 fully saturated rings. The molecule has 154 valence electrons. The highest BCUT2D eigenvalue weighted by Gasteiger charge is 2.24. The van der Waals surface area contributed by atoms with Crippen molar-refractivity contribution in [3.8, 4) is 17.2 Å². The van der Waals surface area contributed by atoms with E-state index in [0.29, 0.717) is 18.3 Å². The van der Waals surface area contributed by atoms with Gasteiger partial charge in [0.25, 0.3) is 0 Å². The summed E-state index contributed by atoms with van der Waals surface area (Å²) in [4.78, 5) is 0. The Morgan fingerprint density at radius 2 is 1.61 bits per heavy atom. The highest BCUT2D eigenvalue weighted by Crippen LogP contribution is 2.35. The molecule has 2 N–H and O–H groups in total. The van der Waals surface area contributed by atoms with Gasteiger partial charge in [-0.1, -0.05) is 52.8 Å². The van der Waals surface area contributed by atoms with Gasteiger partial charge >= 0.3 is 0 Å². The van der Waals surface area contributed by atoms with Gasteiger partial charge in [0.1, 0.15) is 5.75 Å². The summed E-state index contributed by atoms with van der Waals surface area (Å²) in [5.74, 6) is 2.16. The highest BCUT2D eigenvalue weighted by molar-refractivity contribution is 5.44. The van der Waals surface area contributed by atoms with E-state index in [9.17, 15) is 10.2 Å². The Hall–Kier alpha value is -2.20. The number of aliphatic hydroxyl groups is 1. The van der Waals surface area contributed by atoms with Crippen molar-refractivity contribution in [3.63, 3.8) is 0 Å². The number of ether oxygens (including phenoxy) is 2. The monoisotopic (exact) mass is 386 g/mol. The third-order valence-electron chi connectivity index (χ3n) is 5.38. The van der Waals surface area contributed by atoms with Gasteiger partial charge in [-0.15, -0.1) is 0 Å². The van der Waals surface area contributed by atoms with Gasteiger partial charge in [0.05, 0.1) is 20.3 Å². The Morgan fingerprint density at radius 3 is 2.21 bits per heavy atom. The van der Waals surface area contributed by atoms with Gasteiger partial charge in [-0.25, -0.2) is 0 Å². The zero-order chi connectivity index (χ0) is 20.9. The standard InChI is InChI=1S/C24H34O4/c1-16(2)18-7-9-20(24(4,5)15-25)22(13-18)28-12-11-17(3)19-8-10-21(26)23(14-19)27-6/h7-10,13-14,16-17,25-26H,11-12,15H2,1-6H3. The molecule has 28 heavy (non-hydrogen) atoms. The molecule has 2 rings (SSSR count). The number of phenols is 1. The smallest absolute Gasteiger partial charge is 0.160 e. The van der Waals surface area contributed by atoms with Crippen molar-refractivity contribution in [1.82, 2.24) is 0 Å². The maximum atomic E-state index is 9.80. The Morgan fingerprint density at radius 1 is 0.964 bits per heavy atom. The second-order valence-electron chi connectivity index (χ2n) is 8.42. The fraction of sp³-hybridized carbons (Fsp3) is 0.500. The molecule has 1 unspecified atom stereocenters. The number of aliphatic hydroxyl groups excluding tert-OH is 1. The molecule has 0 heterocycles. The summed E-state index contributed by atoms with van der Waals surface area (Å²) in [5.41, 5.74) is 2.99. The largest absolute Gasteiger partial charge is 0.504 e. The Labute approximate surface area is 169 Å². The zero-order valence-corrected chi connectivity index (χ0v) is 18.0. The van der Waals surface area contributed by atoms with E-state index in [4.69, 9.17) is 9.47 Å². The first-order valence-electron chi connectivity index (χ1n) is 9.94. The highest BCUT2D eigenvalue weighted by atomic mass is 16.5. The summed E-state index contributed by atoms with van der Waals surface area (Å²) in [6.45, 7) is 11.1. The SMILES string of the molecule is COc1cc(C(C)CCOc2cc(C(C)C)ccc2C(C)(C)CO)ccc1O. The molecule has 0 aromatic heterocycles. The fourth-order valence-corrected chi connectivity index (χ4v) is 3.17. The lowest BCUT2D eigenvalue weighted by molar-refractivity contribution is 0.211. The van der Waals surface area contributed by atoms with E-state index in [0.717, 1.165) is 23.3 Å². The van der Waals surface area contributed by atoms with Crippen molar-refractivity contribution in [1.29, 1.82) is 0 Å². The van der Waals surface area contributed by atoms with Crippen molar-refractivity contribution < 1.29 is 19.7 Å². The molecule has 2 aromatic rings. The van der Waals surface area contributed by atoms with Gasteiger partial charge < -0.3 is 19.7 Å². The van der Waals surface area contributed by atoms with Crippen LogP contribution in [0, 0.1) is 0 Å². The molecule has 1 atom stereocenters. The lowest BCUT2D eigenvalue weighted by Gasteiger charge is -2.26. The molecule has 0 aliphatic rings. The second kappa shape index (κ2) is 9.33. The number of rotatable bonds is 9. The van der Waals surface area contributed by atoms with Crippen LogP contribution in [-0.4, -0.2) is 30.5 Å². The van der Waals surface area contributed by atoms with Crippen molar-refractivity contribution in [2.45, 2.75) is 58.3 Å². The van der Waals surface area contributed by atoms with Crippen LogP contribution in [0.5, 0.6) is 17.2 Å². The molecular formula is C24H34O4. The number of hydrogen-bond acceptors (Lipinski definition) is 4. The van der Waals surface area contributed by atoms with Crippen molar-refractivity contribution in [2.75, 3.05) is 20.3 Å². The van der Waals surface area contributed by atoms with Crippen LogP contribution in [0.1, 0.15) is 69.6 Å². The molecule has 0 radical (unpaired) electrons. The first-order chi connectivity index (χ1) is 13.2. The molecule has 0 spiro atoms. The van der Waals surface area contributed by atoms with Crippen LogP contribution in [0.15, 0.2) is 36.4 Å². The number of phenolic OH excluding ortho intramolecular Hbond substituents is 1. The normalized spacial score (nSPS) is 12.9. The predicted molar refractivity (Wildman–Crippen MR) is 114 cm³/mol. The molecule has 0 saturated carbocycles. The third-order valence-corrected chi connectivity index (χ3v) is 5.38. The van der Waals surface area contributed by atoms with Crippen molar-refractivity contribution in [2.24, 2.45) is 0 Å². The van der Waals surface area contributed by atoms with Crippen LogP contribution in [0.25, 0.3) is 0 Å². The lowest BCUT2D eigenvalue weighted by atomic mass is 9.83. The van der Waals surface area contributed by atoms with E-state index in [1.54, 1.807) is 13.2 Å². The van der Waals surface area contributed by atoms with E-state index >= 15 is 0 Å². The van der Waals surface area contributed by atoms with Gasteiger partial charge in [-0.05, 0) is 47.6 Å². The number of benzene rings is 2. The second-order valence-corrected chi connectivity index (χ2v) is 8.42. The minimum Gasteiger partial charge on any atom is -0.504 e. The summed E-state index contributed by atoms with van der Waals surface area (Å²) >= 11 is 0.